The molecule has 152 valence electrons. The summed E-state index contributed by atoms with van der Waals surface area (Å²) < 4.78 is 4.72. The number of anilines is 1. The van der Waals surface area contributed by atoms with Crippen LogP contribution >= 0.6 is 0 Å². The molecule has 2 fully saturated rings. The topological polar surface area (TPSA) is 123 Å². The fraction of sp³-hybridized carbons (Fsp3) is 0.526. The highest BCUT2D eigenvalue weighted by molar-refractivity contribution is 6.06. The molecule has 9 heteroatoms. The van der Waals surface area contributed by atoms with Gasteiger partial charge in [0.25, 0.3) is 0 Å². The molecule has 1 aromatic rings. The van der Waals surface area contributed by atoms with Gasteiger partial charge in [0, 0.05) is 37.8 Å². The number of piperazine rings is 1. The number of likely N-dealkylation sites (tertiary alicyclic amines) is 1. The number of hydrogen-bond donors (Lipinski definition) is 3. The van der Waals surface area contributed by atoms with Gasteiger partial charge >= 0.3 is 5.97 Å². The molecule has 28 heavy (non-hydrogen) atoms. The number of aromatic hydroxyl groups is 1. The van der Waals surface area contributed by atoms with Gasteiger partial charge in [-0.2, -0.15) is 0 Å². The number of piperidine rings is 1. The molecule has 2 aliphatic rings. The highest BCUT2D eigenvalue weighted by Gasteiger charge is 2.33. The smallest absolute Gasteiger partial charge is 0.319 e. The zero-order chi connectivity index (χ0) is 20.3. The van der Waals surface area contributed by atoms with Crippen molar-refractivity contribution in [3.63, 3.8) is 0 Å². The van der Waals surface area contributed by atoms with Crippen LogP contribution in [0.3, 0.4) is 0 Å². The van der Waals surface area contributed by atoms with Crippen molar-refractivity contribution in [3.8, 4) is 5.75 Å². The average molecular weight is 389 g/mol. The SMILES string of the molecule is COC(=O)CN1CCC(N2CCN(c3ccc(O)cc3C(=N)N)C(=O)C2)CC1. The Balaban J connectivity index is 1.60. The van der Waals surface area contributed by atoms with Gasteiger partial charge in [-0.3, -0.25) is 24.8 Å². The number of esters is 1. The van der Waals surface area contributed by atoms with Crippen LogP contribution < -0.4 is 10.6 Å². The summed E-state index contributed by atoms with van der Waals surface area (Å²) in [5.41, 5.74) is 6.54. The van der Waals surface area contributed by atoms with E-state index in [1.807, 2.05) is 0 Å². The fourth-order valence-electron chi connectivity index (χ4n) is 3.92. The number of methoxy groups -OCH3 is 1. The Kier molecular flexibility index (Phi) is 6.15. The number of ether oxygens (including phenoxy) is 1. The lowest BCUT2D eigenvalue weighted by molar-refractivity contribution is -0.142. The Labute approximate surface area is 164 Å². The zero-order valence-electron chi connectivity index (χ0n) is 16.1. The van der Waals surface area contributed by atoms with Crippen LogP contribution in [-0.4, -0.2) is 85.0 Å². The molecule has 3 rings (SSSR count). The van der Waals surface area contributed by atoms with Gasteiger partial charge in [-0.25, -0.2) is 0 Å². The Morgan fingerprint density at radius 2 is 2.00 bits per heavy atom. The van der Waals surface area contributed by atoms with Gasteiger partial charge in [-0.05, 0) is 31.0 Å². The molecule has 0 unspecified atom stereocenters. The van der Waals surface area contributed by atoms with Crippen molar-refractivity contribution in [2.75, 3.05) is 51.3 Å². The lowest BCUT2D eigenvalue weighted by Gasteiger charge is -2.42. The number of hydrogen-bond acceptors (Lipinski definition) is 7. The van der Waals surface area contributed by atoms with Gasteiger partial charge in [0.1, 0.15) is 11.6 Å². The van der Waals surface area contributed by atoms with Crippen molar-refractivity contribution >= 4 is 23.4 Å². The van der Waals surface area contributed by atoms with Gasteiger partial charge in [0.15, 0.2) is 0 Å². The van der Waals surface area contributed by atoms with Crippen molar-refractivity contribution in [1.29, 1.82) is 5.41 Å². The minimum absolute atomic E-state index is 0.0127. The highest BCUT2D eigenvalue weighted by Crippen LogP contribution is 2.27. The molecule has 4 N–H and O–H groups in total. The Bertz CT molecular complexity index is 761. The second-order valence-electron chi connectivity index (χ2n) is 7.21. The molecule has 1 aromatic carbocycles. The number of nitrogen functional groups attached to an aromatic ring is 1. The van der Waals surface area contributed by atoms with Crippen molar-refractivity contribution in [3.05, 3.63) is 23.8 Å². The quantitative estimate of drug-likeness (QED) is 0.367. The zero-order valence-corrected chi connectivity index (χ0v) is 16.1. The maximum Gasteiger partial charge on any atom is 0.319 e. The fourth-order valence-corrected chi connectivity index (χ4v) is 3.92. The third kappa shape index (κ3) is 4.42. The lowest BCUT2D eigenvalue weighted by Crippen LogP contribution is -2.56. The van der Waals surface area contributed by atoms with Gasteiger partial charge in [0.2, 0.25) is 5.91 Å². The first-order valence-electron chi connectivity index (χ1n) is 9.40. The summed E-state index contributed by atoms with van der Waals surface area (Å²) in [5.74, 6) is -0.438. The number of phenols is 1. The number of amides is 1. The minimum atomic E-state index is -0.225. The lowest BCUT2D eigenvalue weighted by atomic mass is 10.0. The van der Waals surface area contributed by atoms with E-state index in [1.165, 1.54) is 19.2 Å². The first-order valence-corrected chi connectivity index (χ1v) is 9.40. The third-order valence-electron chi connectivity index (χ3n) is 5.47. The summed E-state index contributed by atoms with van der Waals surface area (Å²) in [4.78, 5) is 30.1. The molecule has 2 saturated heterocycles. The number of nitrogens with two attached hydrogens (primary N) is 1. The van der Waals surface area contributed by atoms with E-state index in [2.05, 4.69) is 9.80 Å². The number of carbonyl (C=O) groups is 2. The summed E-state index contributed by atoms with van der Waals surface area (Å²) in [6.45, 7) is 3.46. The van der Waals surface area contributed by atoms with Crippen molar-refractivity contribution in [2.45, 2.75) is 18.9 Å². The first-order chi connectivity index (χ1) is 13.4. The van der Waals surface area contributed by atoms with Gasteiger partial charge < -0.3 is 20.5 Å². The van der Waals surface area contributed by atoms with Crippen LogP contribution in [0, 0.1) is 5.41 Å². The number of benzene rings is 1. The number of nitrogens with zero attached hydrogens (tertiary/aromatic N) is 3. The third-order valence-corrected chi connectivity index (χ3v) is 5.47. The van der Waals surface area contributed by atoms with Gasteiger partial charge in [-0.15, -0.1) is 0 Å². The minimum Gasteiger partial charge on any atom is -0.508 e. The second-order valence-corrected chi connectivity index (χ2v) is 7.21. The van der Waals surface area contributed by atoms with E-state index in [-0.39, 0.29) is 23.5 Å². The molecule has 0 aromatic heterocycles. The van der Waals surface area contributed by atoms with E-state index < -0.39 is 0 Å². The molecule has 0 saturated carbocycles. The molecule has 9 nitrogen and oxygen atoms in total. The van der Waals surface area contributed by atoms with E-state index in [9.17, 15) is 14.7 Å². The second kappa shape index (κ2) is 8.57. The van der Waals surface area contributed by atoms with Crippen LogP contribution in [0.15, 0.2) is 18.2 Å². The molecule has 0 bridgehead atoms. The standard InChI is InChI=1S/C19H27N5O4/c1-28-18(27)12-22-6-4-13(5-7-22)23-8-9-24(17(26)11-23)16-3-2-14(25)10-15(16)19(20)21/h2-3,10,13,25H,4-9,11-12H2,1H3,(H3,20,21). The molecular weight excluding hydrogens is 362 g/mol. The van der Waals surface area contributed by atoms with Crippen molar-refractivity contribution < 1.29 is 19.4 Å². The van der Waals surface area contributed by atoms with Crippen LogP contribution in [0.4, 0.5) is 5.69 Å². The highest BCUT2D eigenvalue weighted by atomic mass is 16.5. The van der Waals surface area contributed by atoms with Crippen LogP contribution in [-0.2, 0) is 14.3 Å². The average Bonchev–Trinajstić information content (AvgIpc) is 2.68. The van der Waals surface area contributed by atoms with Crippen LogP contribution in [0.5, 0.6) is 5.75 Å². The van der Waals surface area contributed by atoms with Gasteiger partial charge in [0.05, 0.1) is 25.9 Å². The van der Waals surface area contributed by atoms with E-state index >= 15 is 0 Å². The summed E-state index contributed by atoms with van der Waals surface area (Å²) in [5, 5.41) is 17.4. The van der Waals surface area contributed by atoms with Crippen LogP contribution in [0.2, 0.25) is 0 Å². The summed E-state index contributed by atoms with van der Waals surface area (Å²) in [6, 6.07) is 4.85. The molecular formula is C19H27N5O4. The molecule has 2 heterocycles. The molecule has 0 spiro atoms. The number of carbonyl (C=O) groups excluding carboxylic acids is 2. The number of nitrogens with one attached hydrogen (secondary N) is 1. The van der Waals surface area contributed by atoms with Crippen molar-refractivity contribution in [1.82, 2.24) is 9.80 Å². The summed E-state index contributed by atoms with van der Waals surface area (Å²) >= 11 is 0. The molecule has 0 atom stereocenters. The van der Waals surface area contributed by atoms with E-state index in [0.717, 1.165) is 32.5 Å². The normalized spacial score (nSPS) is 19.6. The van der Waals surface area contributed by atoms with Gasteiger partial charge in [-0.1, -0.05) is 0 Å². The molecule has 0 aliphatic carbocycles. The van der Waals surface area contributed by atoms with Crippen LogP contribution in [0.25, 0.3) is 0 Å². The molecule has 1 amide bonds. The molecule has 0 radical (unpaired) electrons. The predicted octanol–water partition coefficient (Wildman–Crippen LogP) is -0.0377. The Hall–Kier alpha value is -2.65. The Morgan fingerprint density at radius 3 is 2.61 bits per heavy atom. The monoisotopic (exact) mass is 389 g/mol. The van der Waals surface area contributed by atoms with E-state index in [0.29, 0.717) is 36.9 Å². The largest absolute Gasteiger partial charge is 0.508 e. The van der Waals surface area contributed by atoms with E-state index in [1.54, 1.807) is 11.0 Å². The number of phenolic OH excluding ortho intramolecular Hbond substituents is 1. The maximum absolute atomic E-state index is 12.8. The van der Waals surface area contributed by atoms with Crippen molar-refractivity contribution in [2.24, 2.45) is 5.73 Å². The number of amidine groups is 1. The summed E-state index contributed by atoms with van der Waals surface area (Å²) in [6.07, 6.45) is 1.81. The molecule has 2 aliphatic heterocycles. The Morgan fingerprint density at radius 1 is 1.29 bits per heavy atom. The van der Waals surface area contributed by atoms with Crippen LogP contribution in [0.1, 0.15) is 18.4 Å². The van der Waals surface area contributed by atoms with E-state index in [4.69, 9.17) is 15.9 Å². The maximum atomic E-state index is 12.8. The first kappa shape index (κ1) is 20.1. The summed E-state index contributed by atoms with van der Waals surface area (Å²) in [7, 11) is 1.39. The predicted molar refractivity (Wildman–Crippen MR) is 105 cm³/mol. The number of rotatable bonds is 5.